The van der Waals surface area contributed by atoms with Crippen LogP contribution in [0.25, 0.3) is 20.8 Å². The van der Waals surface area contributed by atoms with E-state index >= 15 is 0 Å². The summed E-state index contributed by atoms with van der Waals surface area (Å²) in [7, 11) is 0. The fourth-order valence-corrected chi connectivity index (χ4v) is 4.19. The summed E-state index contributed by atoms with van der Waals surface area (Å²) in [5, 5.41) is 7.20. The van der Waals surface area contributed by atoms with Crippen molar-refractivity contribution in [3.05, 3.63) is 54.6 Å². The fourth-order valence-electron chi connectivity index (χ4n) is 2.06. The predicted molar refractivity (Wildman–Crippen MR) is 97.0 cm³/mol. The first kappa shape index (κ1) is 15.3. The molecule has 3 aromatic rings. The van der Waals surface area contributed by atoms with Crippen LogP contribution in [0.4, 0.5) is 0 Å². The minimum absolute atomic E-state index is 0.620. The summed E-state index contributed by atoms with van der Waals surface area (Å²) >= 11 is 9.73. The number of thiophene rings is 1. The Labute approximate surface area is 142 Å². The zero-order valence-corrected chi connectivity index (χ0v) is 14.2. The molecule has 3 nitrogen and oxygen atoms in total. The number of hydrogen-bond acceptors (Lipinski definition) is 4. The molecule has 0 N–H and O–H groups in total. The van der Waals surface area contributed by atoms with E-state index in [0.29, 0.717) is 12.4 Å². The van der Waals surface area contributed by atoms with Gasteiger partial charge < -0.3 is 0 Å². The van der Waals surface area contributed by atoms with Gasteiger partial charge in [-0.2, -0.15) is 4.98 Å². The van der Waals surface area contributed by atoms with Crippen LogP contribution in [0.3, 0.4) is 0 Å². The average molecular weight is 348 g/mol. The van der Waals surface area contributed by atoms with E-state index in [1.165, 1.54) is 0 Å². The van der Waals surface area contributed by atoms with E-state index in [2.05, 4.69) is 29.3 Å². The number of benzene rings is 1. The van der Waals surface area contributed by atoms with Crippen molar-refractivity contribution in [3.63, 3.8) is 0 Å². The molecule has 22 heavy (non-hydrogen) atoms. The van der Waals surface area contributed by atoms with Crippen molar-refractivity contribution in [2.45, 2.75) is 11.7 Å². The number of aromatic nitrogens is 3. The molecular formula is C16H14ClN3S2. The van der Waals surface area contributed by atoms with Gasteiger partial charge in [-0.1, -0.05) is 53.7 Å². The van der Waals surface area contributed by atoms with Crippen molar-refractivity contribution in [3.8, 4) is 10.7 Å². The Morgan fingerprint density at radius 1 is 1.27 bits per heavy atom. The van der Waals surface area contributed by atoms with Crippen LogP contribution in [0.1, 0.15) is 0 Å². The summed E-state index contributed by atoms with van der Waals surface area (Å²) in [5.41, 5.74) is 0. The molecule has 2 aromatic heterocycles. The van der Waals surface area contributed by atoms with Crippen molar-refractivity contribution in [2.24, 2.45) is 0 Å². The van der Waals surface area contributed by atoms with Crippen molar-refractivity contribution < 1.29 is 0 Å². The van der Waals surface area contributed by atoms with E-state index in [9.17, 15) is 0 Å². The van der Waals surface area contributed by atoms with E-state index in [4.69, 9.17) is 11.6 Å². The lowest BCUT2D eigenvalue weighted by atomic mass is 10.2. The van der Waals surface area contributed by atoms with E-state index in [-0.39, 0.29) is 0 Å². The SMILES string of the molecule is C=CCSc1nc(-c2sc3ccccc3c2Cl)nn1CC=C. The summed E-state index contributed by atoms with van der Waals surface area (Å²) in [4.78, 5) is 5.55. The summed E-state index contributed by atoms with van der Waals surface area (Å²) in [5.74, 6) is 1.45. The van der Waals surface area contributed by atoms with E-state index < -0.39 is 0 Å². The second-order valence-corrected chi connectivity index (χ2v) is 6.95. The molecule has 0 unspecified atom stereocenters. The zero-order valence-electron chi connectivity index (χ0n) is 11.8. The molecule has 6 heteroatoms. The first-order valence-corrected chi connectivity index (χ1v) is 8.89. The maximum absolute atomic E-state index is 6.51. The van der Waals surface area contributed by atoms with Gasteiger partial charge in [-0.15, -0.1) is 29.6 Å². The van der Waals surface area contributed by atoms with Crippen molar-refractivity contribution in [1.29, 1.82) is 0 Å². The minimum atomic E-state index is 0.620. The Bertz CT molecular complexity index is 835. The topological polar surface area (TPSA) is 30.7 Å². The van der Waals surface area contributed by atoms with Crippen LogP contribution in [0.5, 0.6) is 0 Å². The standard InChI is InChI=1S/C16H14ClN3S2/c1-3-9-20-16(21-10-4-2)18-15(19-20)14-13(17)11-7-5-6-8-12(11)22-14/h3-8H,1-2,9-10H2. The lowest BCUT2D eigenvalue weighted by molar-refractivity contribution is 0.632. The van der Waals surface area contributed by atoms with Crippen LogP contribution in [0, 0.1) is 0 Å². The molecular weight excluding hydrogens is 334 g/mol. The number of allylic oxidation sites excluding steroid dienone is 1. The Balaban J connectivity index is 2.07. The smallest absolute Gasteiger partial charge is 0.193 e. The summed E-state index contributed by atoms with van der Waals surface area (Å²) in [6.07, 6.45) is 3.66. The number of nitrogens with zero attached hydrogens (tertiary/aromatic N) is 3. The third-order valence-electron chi connectivity index (χ3n) is 3.01. The van der Waals surface area contributed by atoms with Gasteiger partial charge in [-0.3, -0.25) is 0 Å². The van der Waals surface area contributed by atoms with Crippen molar-refractivity contribution in [2.75, 3.05) is 5.75 Å². The van der Waals surface area contributed by atoms with E-state index in [1.54, 1.807) is 23.1 Å². The highest BCUT2D eigenvalue weighted by atomic mass is 35.5. The largest absolute Gasteiger partial charge is 0.236 e. The van der Waals surface area contributed by atoms with Crippen LogP contribution < -0.4 is 0 Å². The van der Waals surface area contributed by atoms with Gasteiger partial charge in [-0.25, -0.2) is 4.68 Å². The number of thioether (sulfide) groups is 1. The molecule has 0 spiro atoms. The predicted octanol–water partition coefficient (Wildman–Crippen LogP) is 5.28. The molecule has 0 radical (unpaired) electrons. The van der Waals surface area contributed by atoms with Gasteiger partial charge in [0.05, 0.1) is 16.4 Å². The molecule has 0 saturated carbocycles. The zero-order chi connectivity index (χ0) is 15.5. The minimum Gasteiger partial charge on any atom is -0.236 e. The number of rotatable bonds is 6. The maximum Gasteiger partial charge on any atom is 0.193 e. The van der Waals surface area contributed by atoms with Crippen molar-refractivity contribution in [1.82, 2.24) is 14.8 Å². The Hall–Kier alpha value is -1.56. The molecule has 0 bridgehead atoms. The van der Waals surface area contributed by atoms with Gasteiger partial charge in [0, 0.05) is 15.8 Å². The third-order valence-corrected chi connectivity index (χ3v) is 5.64. The molecule has 0 atom stereocenters. The summed E-state index contributed by atoms with van der Waals surface area (Å²) < 4.78 is 2.99. The van der Waals surface area contributed by atoms with E-state index in [0.717, 1.165) is 30.9 Å². The van der Waals surface area contributed by atoms with Gasteiger partial charge in [0.2, 0.25) is 0 Å². The lowest BCUT2D eigenvalue weighted by Crippen LogP contribution is -1.99. The second kappa shape index (κ2) is 6.69. The molecule has 1 aromatic carbocycles. The third kappa shape index (κ3) is 2.84. The monoisotopic (exact) mass is 347 g/mol. The summed E-state index contributed by atoms with van der Waals surface area (Å²) in [6.45, 7) is 8.13. The Morgan fingerprint density at radius 3 is 2.82 bits per heavy atom. The number of hydrogen-bond donors (Lipinski definition) is 0. The highest BCUT2D eigenvalue weighted by Crippen LogP contribution is 2.41. The van der Waals surface area contributed by atoms with Gasteiger partial charge >= 0.3 is 0 Å². The molecule has 0 amide bonds. The van der Waals surface area contributed by atoms with Gasteiger partial charge in [-0.05, 0) is 6.07 Å². The lowest BCUT2D eigenvalue weighted by Gasteiger charge is -1.99. The normalized spacial score (nSPS) is 11.0. The van der Waals surface area contributed by atoms with Crippen LogP contribution in [0.15, 0.2) is 54.7 Å². The van der Waals surface area contributed by atoms with Crippen LogP contribution in [0.2, 0.25) is 5.02 Å². The van der Waals surface area contributed by atoms with Gasteiger partial charge in [0.1, 0.15) is 0 Å². The molecule has 112 valence electrons. The molecule has 0 aliphatic heterocycles. The van der Waals surface area contributed by atoms with Gasteiger partial charge in [0.15, 0.2) is 11.0 Å². The molecule has 0 aliphatic rings. The van der Waals surface area contributed by atoms with Crippen LogP contribution in [-0.2, 0) is 6.54 Å². The van der Waals surface area contributed by atoms with Crippen molar-refractivity contribution >= 4 is 44.8 Å². The van der Waals surface area contributed by atoms with Crippen LogP contribution in [-0.4, -0.2) is 20.5 Å². The Kier molecular flexibility index (Phi) is 4.66. The molecule has 2 heterocycles. The molecule has 3 rings (SSSR count). The summed E-state index contributed by atoms with van der Waals surface area (Å²) in [6, 6.07) is 8.07. The number of halogens is 1. The quantitative estimate of drug-likeness (QED) is 0.449. The molecule has 0 saturated heterocycles. The second-order valence-electron chi connectivity index (χ2n) is 4.53. The highest BCUT2D eigenvalue weighted by molar-refractivity contribution is 7.99. The highest BCUT2D eigenvalue weighted by Gasteiger charge is 2.18. The average Bonchev–Trinajstić information content (AvgIpc) is 3.08. The van der Waals surface area contributed by atoms with Crippen LogP contribution >= 0.6 is 34.7 Å². The maximum atomic E-state index is 6.51. The van der Waals surface area contributed by atoms with E-state index in [1.807, 2.05) is 35.0 Å². The van der Waals surface area contributed by atoms with Gasteiger partial charge in [0.25, 0.3) is 0 Å². The Morgan fingerprint density at radius 2 is 2.09 bits per heavy atom. The number of fused-ring (bicyclic) bond motifs is 1. The molecule has 0 fully saturated rings. The molecule has 0 aliphatic carbocycles. The fraction of sp³-hybridized carbons (Fsp3) is 0.125. The first-order valence-electron chi connectivity index (χ1n) is 6.71. The first-order chi connectivity index (χ1) is 10.7.